The molecule has 0 aliphatic rings. The first-order chi connectivity index (χ1) is 7.72. The van der Waals surface area contributed by atoms with Crippen LogP contribution in [0.15, 0.2) is 24.4 Å². The lowest BCUT2D eigenvalue weighted by molar-refractivity contribution is 0.0605. The van der Waals surface area contributed by atoms with Crippen molar-refractivity contribution in [1.82, 2.24) is 9.97 Å². The van der Waals surface area contributed by atoms with Gasteiger partial charge in [-0.1, -0.05) is 6.07 Å². The maximum absolute atomic E-state index is 11.4. The number of aryl methyl sites for hydroxylation is 1. The number of hydrogen-bond acceptors (Lipinski definition) is 5. The van der Waals surface area contributed by atoms with Crippen LogP contribution in [0.5, 0.6) is 0 Å². The molecule has 0 radical (unpaired) electrons. The van der Waals surface area contributed by atoms with Crippen molar-refractivity contribution in [3.05, 3.63) is 35.0 Å². The Bertz CT molecular complexity index is 508. The molecule has 0 spiro atoms. The second-order valence-corrected chi connectivity index (χ2v) is 4.14. The molecule has 0 saturated heterocycles. The molecule has 4 nitrogen and oxygen atoms in total. The second-order valence-electron chi connectivity index (χ2n) is 3.14. The van der Waals surface area contributed by atoms with E-state index in [0.29, 0.717) is 10.6 Å². The molecule has 2 heterocycles. The average molecular weight is 234 g/mol. The number of pyridine rings is 1. The van der Waals surface area contributed by atoms with Crippen LogP contribution in [-0.2, 0) is 4.74 Å². The van der Waals surface area contributed by atoms with Crippen molar-refractivity contribution >= 4 is 17.3 Å². The molecule has 0 saturated carbocycles. The van der Waals surface area contributed by atoms with E-state index in [1.807, 2.05) is 18.2 Å². The molecule has 0 bridgehead atoms. The molecule has 16 heavy (non-hydrogen) atoms. The minimum Gasteiger partial charge on any atom is -0.465 e. The van der Waals surface area contributed by atoms with Crippen LogP contribution in [-0.4, -0.2) is 23.0 Å². The van der Waals surface area contributed by atoms with Crippen LogP contribution in [0.25, 0.3) is 10.7 Å². The Kier molecular flexibility index (Phi) is 2.96. The van der Waals surface area contributed by atoms with Gasteiger partial charge in [-0.3, -0.25) is 4.98 Å². The van der Waals surface area contributed by atoms with Gasteiger partial charge in [-0.2, -0.15) is 0 Å². The van der Waals surface area contributed by atoms with Crippen molar-refractivity contribution in [2.24, 2.45) is 0 Å². The highest BCUT2D eigenvalue weighted by atomic mass is 32.1. The van der Waals surface area contributed by atoms with Crippen molar-refractivity contribution in [3.8, 4) is 10.7 Å². The molecule has 0 amide bonds. The monoisotopic (exact) mass is 234 g/mol. The number of carbonyl (C=O) groups excluding carboxylic acids is 1. The summed E-state index contributed by atoms with van der Waals surface area (Å²) < 4.78 is 4.68. The van der Waals surface area contributed by atoms with E-state index in [9.17, 15) is 4.79 Å². The van der Waals surface area contributed by atoms with E-state index in [2.05, 4.69) is 14.7 Å². The molecule has 0 aliphatic carbocycles. The molecule has 2 aromatic heterocycles. The van der Waals surface area contributed by atoms with Gasteiger partial charge in [0.15, 0.2) is 0 Å². The van der Waals surface area contributed by atoms with Crippen LogP contribution in [0.3, 0.4) is 0 Å². The summed E-state index contributed by atoms with van der Waals surface area (Å²) in [6.45, 7) is 1.79. The number of rotatable bonds is 2. The number of thiazole rings is 1. The summed E-state index contributed by atoms with van der Waals surface area (Å²) in [4.78, 5) is 20.4. The quantitative estimate of drug-likeness (QED) is 0.748. The maximum atomic E-state index is 11.4. The normalized spacial score (nSPS) is 10.1. The summed E-state index contributed by atoms with van der Waals surface area (Å²) >= 11 is 1.30. The summed E-state index contributed by atoms with van der Waals surface area (Å²) in [6, 6.07) is 5.58. The third kappa shape index (κ3) is 1.94. The van der Waals surface area contributed by atoms with Gasteiger partial charge in [0, 0.05) is 6.20 Å². The Morgan fingerprint density at radius 3 is 2.88 bits per heavy atom. The molecule has 0 fully saturated rings. The topological polar surface area (TPSA) is 52.1 Å². The number of aromatic nitrogens is 2. The van der Waals surface area contributed by atoms with E-state index in [4.69, 9.17) is 0 Å². The predicted octanol–water partition coefficient (Wildman–Crippen LogP) is 2.30. The molecule has 2 rings (SSSR count). The average Bonchev–Trinajstić information content (AvgIpc) is 2.71. The van der Waals surface area contributed by atoms with Gasteiger partial charge in [-0.25, -0.2) is 9.78 Å². The summed E-state index contributed by atoms with van der Waals surface area (Å²) in [5.41, 5.74) is 1.45. The molecule has 5 heteroatoms. The van der Waals surface area contributed by atoms with Crippen molar-refractivity contribution in [3.63, 3.8) is 0 Å². The van der Waals surface area contributed by atoms with Crippen molar-refractivity contribution in [1.29, 1.82) is 0 Å². The van der Waals surface area contributed by atoms with E-state index in [0.717, 1.165) is 10.7 Å². The Labute approximate surface area is 96.9 Å². The van der Waals surface area contributed by atoms with Crippen LogP contribution in [0.4, 0.5) is 0 Å². The first-order valence-corrected chi connectivity index (χ1v) is 5.51. The lowest BCUT2D eigenvalue weighted by Gasteiger charge is -1.93. The van der Waals surface area contributed by atoms with Crippen LogP contribution in [0.1, 0.15) is 15.4 Å². The molecular formula is C11H10N2O2S. The standard InChI is InChI=1S/C11H10N2O2S/c1-7-9(11(14)15-2)16-10(13-7)8-5-3-4-6-12-8/h3-6H,1-2H3. The van der Waals surface area contributed by atoms with Crippen LogP contribution in [0.2, 0.25) is 0 Å². The largest absolute Gasteiger partial charge is 0.465 e. The first-order valence-electron chi connectivity index (χ1n) is 4.69. The third-order valence-corrected chi connectivity index (χ3v) is 3.21. The fraction of sp³-hybridized carbons (Fsp3) is 0.182. The van der Waals surface area contributed by atoms with Gasteiger partial charge < -0.3 is 4.74 Å². The zero-order chi connectivity index (χ0) is 11.5. The highest BCUT2D eigenvalue weighted by Crippen LogP contribution is 2.26. The zero-order valence-electron chi connectivity index (χ0n) is 8.93. The summed E-state index contributed by atoms with van der Waals surface area (Å²) in [6.07, 6.45) is 1.70. The lowest BCUT2D eigenvalue weighted by Crippen LogP contribution is -1.99. The molecule has 0 N–H and O–H groups in total. The molecule has 2 aromatic rings. The Morgan fingerprint density at radius 1 is 1.44 bits per heavy atom. The van der Waals surface area contributed by atoms with Crippen molar-refractivity contribution in [2.75, 3.05) is 7.11 Å². The highest BCUT2D eigenvalue weighted by Gasteiger charge is 2.16. The SMILES string of the molecule is COC(=O)c1sc(-c2ccccn2)nc1C. The van der Waals surface area contributed by atoms with Gasteiger partial charge in [-0.05, 0) is 19.1 Å². The van der Waals surface area contributed by atoms with Crippen LogP contribution >= 0.6 is 11.3 Å². The fourth-order valence-corrected chi connectivity index (χ4v) is 2.24. The van der Waals surface area contributed by atoms with E-state index in [1.165, 1.54) is 18.4 Å². The third-order valence-electron chi connectivity index (χ3n) is 2.05. The van der Waals surface area contributed by atoms with E-state index in [1.54, 1.807) is 13.1 Å². The number of methoxy groups -OCH3 is 1. The maximum Gasteiger partial charge on any atom is 0.349 e. The number of hydrogen-bond donors (Lipinski definition) is 0. The Hall–Kier alpha value is -1.75. The second kappa shape index (κ2) is 4.40. The number of nitrogens with zero attached hydrogens (tertiary/aromatic N) is 2. The van der Waals surface area contributed by atoms with Crippen molar-refractivity contribution in [2.45, 2.75) is 6.92 Å². The predicted molar refractivity (Wildman–Crippen MR) is 61.4 cm³/mol. The minimum absolute atomic E-state index is 0.350. The number of esters is 1. The lowest BCUT2D eigenvalue weighted by atomic mass is 10.3. The van der Waals surface area contributed by atoms with Gasteiger partial charge in [0.1, 0.15) is 9.88 Å². The molecule has 82 valence electrons. The summed E-state index contributed by atoms with van der Waals surface area (Å²) in [7, 11) is 1.36. The fourth-order valence-electron chi connectivity index (χ4n) is 1.28. The first kappa shape index (κ1) is 10.8. The minimum atomic E-state index is -0.350. The van der Waals surface area contributed by atoms with Crippen molar-refractivity contribution < 1.29 is 9.53 Å². The Morgan fingerprint density at radius 2 is 2.25 bits per heavy atom. The van der Waals surface area contributed by atoms with Crippen LogP contribution in [0, 0.1) is 6.92 Å². The molecule has 0 aliphatic heterocycles. The van der Waals surface area contributed by atoms with Gasteiger partial charge in [-0.15, -0.1) is 11.3 Å². The van der Waals surface area contributed by atoms with E-state index in [-0.39, 0.29) is 5.97 Å². The summed E-state index contributed by atoms with van der Waals surface area (Å²) in [5, 5.41) is 0.735. The zero-order valence-corrected chi connectivity index (χ0v) is 9.75. The van der Waals surface area contributed by atoms with E-state index >= 15 is 0 Å². The van der Waals surface area contributed by atoms with Gasteiger partial charge >= 0.3 is 5.97 Å². The summed E-state index contributed by atoms with van der Waals surface area (Å²) in [5.74, 6) is -0.350. The van der Waals surface area contributed by atoms with Gasteiger partial charge in [0.2, 0.25) is 0 Å². The molecule has 0 atom stereocenters. The molecular weight excluding hydrogens is 224 g/mol. The Balaban J connectivity index is 2.42. The highest BCUT2D eigenvalue weighted by molar-refractivity contribution is 7.17. The van der Waals surface area contributed by atoms with Gasteiger partial charge in [0.05, 0.1) is 18.5 Å². The smallest absolute Gasteiger partial charge is 0.349 e. The molecule has 0 aromatic carbocycles. The van der Waals surface area contributed by atoms with E-state index < -0.39 is 0 Å². The van der Waals surface area contributed by atoms with Gasteiger partial charge in [0.25, 0.3) is 0 Å². The number of carbonyl (C=O) groups is 1. The number of ether oxygens (including phenoxy) is 1. The molecule has 0 unspecified atom stereocenters. The van der Waals surface area contributed by atoms with Crippen LogP contribution < -0.4 is 0 Å².